The first-order valence-electron chi connectivity index (χ1n) is 10.8. The Morgan fingerprint density at radius 2 is 1.70 bits per heavy atom. The van der Waals surface area contributed by atoms with E-state index in [1.165, 1.54) is 0 Å². The maximum Gasteiger partial charge on any atom is 0.251 e. The summed E-state index contributed by atoms with van der Waals surface area (Å²) in [7, 11) is 0. The molecule has 1 unspecified atom stereocenters. The summed E-state index contributed by atoms with van der Waals surface area (Å²) in [6.45, 7) is 4.13. The zero-order valence-corrected chi connectivity index (χ0v) is 18.6. The second kappa shape index (κ2) is 9.99. The van der Waals surface area contributed by atoms with Crippen LogP contribution in [0, 0.1) is 5.92 Å². The number of ether oxygens (including phenoxy) is 1. The summed E-state index contributed by atoms with van der Waals surface area (Å²) in [5, 5.41) is 5.70. The summed E-state index contributed by atoms with van der Waals surface area (Å²) in [5.41, 5.74) is 2.84. The van der Waals surface area contributed by atoms with Crippen molar-refractivity contribution in [1.82, 2.24) is 14.7 Å². The molecule has 4 aromatic rings. The third kappa shape index (κ3) is 5.57. The van der Waals surface area contributed by atoms with Gasteiger partial charge >= 0.3 is 0 Å². The topological polar surface area (TPSA) is 84.7 Å². The summed E-state index contributed by atoms with van der Waals surface area (Å²) < 4.78 is 7.77. The molecule has 7 heteroatoms. The lowest BCUT2D eigenvalue weighted by Gasteiger charge is -2.22. The van der Waals surface area contributed by atoms with Crippen LogP contribution >= 0.6 is 0 Å². The van der Waals surface area contributed by atoms with Gasteiger partial charge in [-0.25, -0.2) is 4.98 Å². The van der Waals surface area contributed by atoms with Crippen LogP contribution in [0.2, 0.25) is 0 Å². The number of nitrogens with zero attached hydrogens (tertiary/aromatic N) is 2. The predicted octanol–water partition coefficient (Wildman–Crippen LogP) is 4.31. The zero-order valence-electron chi connectivity index (χ0n) is 18.6. The molecule has 0 aliphatic carbocycles. The second-order valence-corrected chi connectivity index (χ2v) is 8.06. The van der Waals surface area contributed by atoms with Gasteiger partial charge in [-0.3, -0.25) is 9.59 Å². The number of carbonyl (C=O) groups is 2. The number of fused-ring (bicyclic) bond motifs is 1. The molecule has 168 valence electrons. The molecule has 0 saturated carbocycles. The van der Waals surface area contributed by atoms with Gasteiger partial charge in [0.2, 0.25) is 5.91 Å². The Kier molecular flexibility index (Phi) is 6.69. The van der Waals surface area contributed by atoms with Gasteiger partial charge < -0.3 is 19.8 Å². The van der Waals surface area contributed by atoms with E-state index in [1.54, 1.807) is 48.5 Å². The average Bonchev–Trinajstić information content (AvgIpc) is 3.25. The van der Waals surface area contributed by atoms with Crippen LogP contribution in [0.15, 0.2) is 85.2 Å². The molecular weight excluding hydrogens is 416 g/mol. The molecule has 2 N–H and O–H groups in total. The normalized spacial score (nSPS) is 11.8. The summed E-state index contributed by atoms with van der Waals surface area (Å²) in [4.78, 5) is 29.8. The lowest BCUT2D eigenvalue weighted by molar-refractivity contribution is -0.118. The van der Waals surface area contributed by atoms with Crippen LogP contribution in [0.1, 0.15) is 29.9 Å². The molecule has 0 aliphatic heterocycles. The summed E-state index contributed by atoms with van der Waals surface area (Å²) >= 11 is 0. The zero-order chi connectivity index (χ0) is 23.2. The molecule has 2 heterocycles. The van der Waals surface area contributed by atoms with E-state index in [2.05, 4.69) is 15.6 Å². The number of carbonyl (C=O) groups excluding carboxylic acids is 2. The Balaban J connectivity index is 1.34. The average molecular weight is 443 g/mol. The largest absolute Gasteiger partial charge is 0.487 e. The minimum Gasteiger partial charge on any atom is -0.487 e. The van der Waals surface area contributed by atoms with Gasteiger partial charge in [0, 0.05) is 23.6 Å². The Morgan fingerprint density at radius 1 is 0.970 bits per heavy atom. The van der Waals surface area contributed by atoms with Crippen LogP contribution in [0.3, 0.4) is 0 Å². The van der Waals surface area contributed by atoms with Crippen molar-refractivity contribution in [2.45, 2.75) is 26.5 Å². The lowest BCUT2D eigenvalue weighted by Crippen LogP contribution is -2.47. The van der Waals surface area contributed by atoms with E-state index in [-0.39, 0.29) is 17.7 Å². The fraction of sp³-hybridized carbons (Fsp3) is 0.192. The molecule has 2 amide bonds. The maximum atomic E-state index is 12.8. The molecule has 4 rings (SSSR count). The summed E-state index contributed by atoms with van der Waals surface area (Å²) in [6, 6.07) is 21.1. The second-order valence-electron chi connectivity index (χ2n) is 8.06. The number of rotatable bonds is 8. The summed E-state index contributed by atoms with van der Waals surface area (Å²) in [5.74, 6) is 0.0429. The number of hydrogen-bond acceptors (Lipinski definition) is 4. The third-order valence-electron chi connectivity index (χ3n) is 5.19. The number of anilines is 1. The fourth-order valence-electron chi connectivity index (χ4n) is 3.42. The number of nitrogens with one attached hydrogen (secondary N) is 2. The van der Waals surface area contributed by atoms with Gasteiger partial charge in [-0.2, -0.15) is 0 Å². The van der Waals surface area contributed by atoms with Crippen molar-refractivity contribution in [1.29, 1.82) is 0 Å². The number of benzene rings is 2. The SMILES string of the molecule is CC(C)C(NC(=O)c1ccccc1)C(=O)Nc1ccc(OCc2cn3ccccc3n2)cc1. The molecule has 7 nitrogen and oxygen atoms in total. The highest BCUT2D eigenvalue weighted by Gasteiger charge is 2.24. The van der Waals surface area contributed by atoms with Crippen LogP contribution in [0.4, 0.5) is 5.69 Å². The van der Waals surface area contributed by atoms with Gasteiger partial charge in [0.1, 0.15) is 24.0 Å². The van der Waals surface area contributed by atoms with Crippen molar-refractivity contribution >= 4 is 23.1 Å². The highest BCUT2D eigenvalue weighted by atomic mass is 16.5. The van der Waals surface area contributed by atoms with E-state index in [0.29, 0.717) is 23.6 Å². The molecule has 2 aromatic carbocycles. The number of hydrogen-bond donors (Lipinski definition) is 2. The Labute approximate surface area is 192 Å². The summed E-state index contributed by atoms with van der Waals surface area (Å²) in [6.07, 6.45) is 3.87. The quantitative estimate of drug-likeness (QED) is 0.426. The molecule has 0 spiro atoms. The van der Waals surface area contributed by atoms with Gasteiger partial charge in [0.25, 0.3) is 5.91 Å². The van der Waals surface area contributed by atoms with Gasteiger partial charge in [0.05, 0.1) is 5.69 Å². The molecule has 0 fully saturated rings. The van der Waals surface area contributed by atoms with E-state index < -0.39 is 6.04 Å². The third-order valence-corrected chi connectivity index (χ3v) is 5.19. The smallest absolute Gasteiger partial charge is 0.251 e. The van der Waals surface area contributed by atoms with Crippen LogP contribution in [0.25, 0.3) is 5.65 Å². The van der Waals surface area contributed by atoms with E-state index in [9.17, 15) is 9.59 Å². The molecule has 1 atom stereocenters. The molecular formula is C26H26N4O3. The van der Waals surface area contributed by atoms with Crippen LogP contribution in [0.5, 0.6) is 5.75 Å². The van der Waals surface area contributed by atoms with Crippen molar-refractivity contribution in [2.75, 3.05) is 5.32 Å². The maximum absolute atomic E-state index is 12.8. The molecule has 0 radical (unpaired) electrons. The van der Waals surface area contributed by atoms with E-state index in [1.807, 2.05) is 54.9 Å². The first kappa shape index (κ1) is 22.1. The molecule has 0 saturated heterocycles. The highest BCUT2D eigenvalue weighted by Crippen LogP contribution is 2.18. The van der Waals surface area contributed by atoms with Crippen LogP contribution in [-0.4, -0.2) is 27.2 Å². The van der Waals surface area contributed by atoms with Crippen molar-refractivity contribution < 1.29 is 14.3 Å². The van der Waals surface area contributed by atoms with Gasteiger partial charge in [-0.15, -0.1) is 0 Å². The van der Waals surface area contributed by atoms with Gasteiger partial charge in [-0.05, 0) is 54.4 Å². The molecule has 0 bridgehead atoms. The lowest BCUT2D eigenvalue weighted by atomic mass is 10.0. The van der Waals surface area contributed by atoms with Crippen LogP contribution in [-0.2, 0) is 11.4 Å². The number of aromatic nitrogens is 2. The monoisotopic (exact) mass is 442 g/mol. The highest BCUT2D eigenvalue weighted by molar-refractivity contribution is 6.01. The fourth-order valence-corrected chi connectivity index (χ4v) is 3.42. The number of imidazole rings is 1. The first-order valence-corrected chi connectivity index (χ1v) is 10.8. The van der Waals surface area contributed by atoms with Crippen molar-refractivity contribution in [2.24, 2.45) is 5.92 Å². The minimum absolute atomic E-state index is 0.0781. The van der Waals surface area contributed by atoms with Crippen molar-refractivity contribution in [3.8, 4) is 5.75 Å². The first-order chi connectivity index (χ1) is 16.0. The molecule has 2 aromatic heterocycles. The Hall–Kier alpha value is -4.13. The Bertz CT molecular complexity index is 1200. The van der Waals surface area contributed by atoms with E-state index in [0.717, 1.165) is 11.3 Å². The van der Waals surface area contributed by atoms with Crippen molar-refractivity contribution in [3.05, 3.63) is 96.4 Å². The van der Waals surface area contributed by atoms with Gasteiger partial charge in [-0.1, -0.05) is 38.1 Å². The van der Waals surface area contributed by atoms with E-state index in [4.69, 9.17) is 4.74 Å². The van der Waals surface area contributed by atoms with Gasteiger partial charge in [0.15, 0.2) is 0 Å². The number of amides is 2. The minimum atomic E-state index is -0.663. The molecule has 33 heavy (non-hydrogen) atoms. The van der Waals surface area contributed by atoms with E-state index >= 15 is 0 Å². The standard InChI is InChI=1S/C26H26N4O3/c1-18(2)24(29-25(31)19-8-4-3-5-9-19)26(32)28-20-11-13-22(14-12-20)33-17-21-16-30-15-7-6-10-23(30)27-21/h3-16,18,24H,17H2,1-2H3,(H,28,32)(H,29,31). The number of pyridine rings is 1. The predicted molar refractivity (Wildman–Crippen MR) is 127 cm³/mol. The molecule has 0 aliphatic rings. The van der Waals surface area contributed by atoms with Crippen molar-refractivity contribution in [3.63, 3.8) is 0 Å². The van der Waals surface area contributed by atoms with Crippen LogP contribution < -0.4 is 15.4 Å². The Morgan fingerprint density at radius 3 is 2.39 bits per heavy atom.